The lowest BCUT2D eigenvalue weighted by Crippen LogP contribution is -2.36. The highest BCUT2D eigenvalue weighted by molar-refractivity contribution is 6.32. The fourth-order valence-corrected chi connectivity index (χ4v) is 3.39. The Morgan fingerprint density at radius 1 is 1.18 bits per heavy atom. The van der Waals surface area contributed by atoms with Crippen molar-refractivity contribution in [3.05, 3.63) is 47.1 Å². The first kappa shape index (κ1) is 19.0. The van der Waals surface area contributed by atoms with Crippen molar-refractivity contribution in [1.29, 1.82) is 0 Å². The van der Waals surface area contributed by atoms with Crippen molar-refractivity contribution in [2.24, 2.45) is 0 Å². The van der Waals surface area contributed by atoms with Gasteiger partial charge >= 0.3 is 0 Å². The molecular formula is C20H22ClN3O4. The summed E-state index contributed by atoms with van der Waals surface area (Å²) in [5.74, 6) is 0.0489. The van der Waals surface area contributed by atoms with Gasteiger partial charge in [0.05, 0.1) is 32.0 Å². The molecule has 1 N–H and O–H groups in total. The van der Waals surface area contributed by atoms with Gasteiger partial charge in [0.1, 0.15) is 11.1 Å². The zero-order valence-corrected chi connectivity index (χ0v) is 16.2. The normalized spacial score (nSPS) is 19.5. The molecule has 2 aliphatic heterocycles. The van der Waals surface area contributed by atoms with E-state index in [0.29, 0.717) is 35.4 Å². The standard InChI is InChI=1S/C20H22ClN3O4/c21-18-11-14(12-22-20(18)28-17-5-8-27-13-17)19(25)23-15-1-3-16(4-2-15)24-6-9-26-10-7-24/h1-4,11-12,17H,5-10,13H2,(H,23,25). The second kappa shape index (κ2) is 8.77. The van der Waals surface area contributed by atoms with Gasteiger partial charge in [-0.1, -0.05) is 11.6 Å². The lowest BCUT2D eigenvalue weighted by atomic mass is 10.2. The number of hydrogen-bond donors (Lipinski definition) is 1. The molecule has 1 atom stereocenters. The van der Waals surface area contributed by atoms with E-state index in [2.05, 4.69) is 15.2 Å². The van der Waals surface area contributed by atoms with Gasteiger partial charge in [-0.05, 0) is 30.3 Å². The van der Waals surface area contributed by atoms with Crippen LogP contribution in [0.2, 0.25) is 5.02 Å². The van der Waals surface area contributed by atoms with Gasteiger partial charge in [-0.15, -0.1) is 0 Å². The zero-order chi connectivity index (χ0) is 19.3. The molecule has 0 radical (unpaired) electrons. The van der Waals surface area contributed by atoms with E-state index in [1.54, 1.807) is 6.07 Å². The number of carbonyl (C=O) groups excluding carboxylic acids is 1. The number of carbonyl (C=O) groups is 1. The number of anilines is 2. The largest absolute Gasteiger partial charge is 0.471 e. The summed E-state index contributed by atoms with van der Waals surface area (Å²) in [4.78, 5) is 19.0. The van der Waals surface area contributed by atoms with E-state index >= 15 is 0 Å². The van der Waals surface area contributed by atoms with Crippen LogP contribution in [-0.2, 0) is 9.47 Å². The molecule has 8 heteroatoms. The summed E-state index contributed by atoms with van der Waals surface area (Å²) >= 11 is 6.24. The summed E-state index contributed by atoms with van der Waals surface area (Å²) in [5, 5.41) is 3.17. The quantitative estimate of drug-likeness (QED) is 0.827. The molecule has 1 aromatic carbocycles. The predicted octanol–water partition coefficient (Wildman–Crippen LogP) is 2.99. The Hall–Kier alpha value is -2.35. The van der Waals surface area contributed by atoms with Gasteiger partial charge in [0, 0.05) is 37.1 Å². The Bertz CT molecular complexity index is 819. The lowest BCUT2D eigenvalue weighted by Gasteiger charge is -2.28. The molecule has 0 spiro atoms. The second-order valence-corrected chi connectivity index (χ2v) is 7.12. The Morgan fingerprint density at radius 2 is 1.96 bits per heavy atom. The number of benzene rings is 1. The number of halogens is 1. The Kier molecular flexibility index (Phi) is 5.95. The lowest BCUT2D eigenvalue weighted by molar-refractivity contribution is 0.102. The smallest absolute Gasteiger partial charge is 0.257 e. The van der Waals surface area contributed by atoms with Crippen LogP contribution in [-0.4, -0.2) is 56.5 Å². The van der Waals surface area contributed by atoms with E-state index < -0.39 is 0 Å². The minimum absolute atomic E-state index is 0.0466. The predicted molar refractivity (Wildman–Crippen MR) is 107 cm³/mol. The molecule has 0 aliphatic carbocycles. The van der Waals surface area contributed by atoms with Gasteiger partial charge in [-0.3, -0.25) is 4.79 Å². The van der Waals surface area contributed by atoms with E-state index in [1.807, 2.05) is 24.3 Å². The maximum atomic E-state index is 12.5. The number of nitrogens with one attached hydrogen (secondary N) is 1. The molecule has 2 aliphatic rings. The third kappa shape index (κ3) is 4.55. The molecule has 2 fully saturated rings. The van der Waals surface area contributed by atoms with Crippen LogP contribution >= 0.6 is 11.6 Å². The number of aromatic nitrogens is 1. The first-order chi connectivity index (χ1) is 13.7. The summed E-state index contributed by atoms with van der Waals surface area (Å²) in [6, 6.07) is 9.32. The Balaban J connectivity index is 1.38. The Labute approximate surface area is 168 Å². The fraction of sp³-hybridized carbons (Fsp3) is 0.400. The van der Waals surface area contributed by atoms with Crippen LogP contribution in [0, 0.1) is 0 Å². The first-order valence-electron chi connectivity index (χ1n) is 9.33. The number of amides is 1. The fourth-order valence-electron chi connectivity index (χ4n) is 3.18. The third-order valence-corrected chi connectivity index (χ3v) is 5.01. The number of rotatable bonds is 5. The molecule has 2 saturated heterocycles. The van der Waals surface area contributed by atoms with Gasteiger partial charge in [-0.25, -0.2) is 4.98 Å². The summed E-state index contributed by atoms with van der Waals surface area (Å²) in [5.41, 5.74) is 2.20. The highest BCUT2D eigenvalue weighted by atomic mass is 35.5. The van der Waals surface area contributed by atoms with Crippen LogP contribution in [0.1, 0.15) is 16.8 Å². The SMILES string of the molecule is O=C(Nc1ccc(N2CCOCC2)cc1)c1cnc(OC2CCOC2)c(Cl)c1. The van der Waals surface area contributed by atoms with Crippen LogP contribution in [0.15, 0.2) is 36.5 Å². The van der Waals surface area contributed by atoms with Gasteiger partial charge in [0.2, 0.25) is 5.88 Å². The van der Waals surface area contributed by atoms with Crippen LogP contribution < -0.4 is 15.0 Å². The van der Waals surface area contributed by atoms with Crippen molar-refractivity contribution < 1.29 is 19.0 Å². The van der Waals surface area contributed by atoms with Crippen LogP contribution in [0.25, 0.3) is 0 Å². The molecule has 4 rings (SSSR count). The van der Waals surface area contributed by atoms with E-state index in [1.165, 1.54) is 6.20 Å². The van der Waals surface area contributed by atoms with Gasteiger partial charge in [0.25, 0.3) is 5.91 Å². The maximum absolute atomic E-state index is 12.5. The second-order valence-electron chi connectivity index (χ2n) is 6.71. The van der Waals surface area contributed by atoms with E-state index in [4.69, 9.17) is 25.8 Å². The topological polar surface area (TPSA) is 72.9 Å². The summed E-state index contributed by atoms with van der Waals surface area (Å²) in [7, 11) is 0. The molecule has 148 valence electrons. The summed E-state index contributed by atoms with van der Waals surface area (Å²) < 4.78 is 16.4. The number of morpholine rings is 1. The monoisotopic (exact) mass is 403 g/mol. The molecule has 1 aromatic heterocycles. The van der Waals surface area contributed by atoms with Crippen molar-refractivity contribution in [2.45, 2.75) is 12.5 Å². The number of nitrogens with zero attached hydrogens (tertiary/aromatic N) is 2. The van der Waals surface area contributed by atoms with Crippen LogP contribution in [0.5, 0.6) is 5.88 Å². The molecule has 3 heterocycles. The number of hydrogen-bond acceptors (Lipinski definition) is 6. The average Bonchev–Trinajstić information content (AvgIpc) is 3.24. The molecular weight excluding hydrogens is 382 g/mol. The maximum Gasteiger partial charge on any atom is 0.257 e. The summed E-state index contributed by atoms with van der Waals surface area (Å²) in [6.07, 6.45) is 2.23. The van der Waals surface area contributed by atoms with Crippen molar-refractivity contribution in [1.82, 2.24) is 4.98 Å². The number of ether oxygens (including phenoxy) is 3. The van der Waals surface area contributed by atoms with Crippen molar-refractivity contribution in [2.75, 3.05) is 49.7 Å². The Morgan fingerprint density at radius 3 is 2.64 bits per heavy atom. The highest BCUT2D eigenvalue weighted by Crippen LogP contribution is 2.26. The van der Waals surface area contributed by atoms with Crippen molar-refractivity contribution in [3.63, 3.8) is 0 Å². The van der Waals surface area contributed by atoms with Gasteiger partial charge in [0.15, 0.2) is 0 Å². The molecule has 28 heavy (non-hydrogen) atoms. The van der Waals surface area contributed by atoms with E-state index in [0.717, 1.165) is 38.4 Å². The third-order valence-electron chi connectivity index (χ3n) is 4.74. The highest BCUT2D eigenvalue weighted by Gasteiger charge is 2.20. The van der Waals surface area contributed by atoms with Gasteiger partial charge < -0.3 is 24.4 Å². The molecule has 2 aromatic rings. The van der Waals surface area contributed by atoms with Crippen molar-refractivity contribution in [3.8, 4) is 5.88 Å². The average molecular weight is 404 g/mol. The van der Waals surface area contributed by atoms with Crippen LogP contribution in [0.4, 0.5) is 11.4 Å². The van der Waals surface area contributed by atoms with E-state index in [9.17, 15) is 4.79 Å². The molecule has 0 saturated carbocycles. The number of pyridine rings is 1. The zero-order valence-electron chi connectivity index (χ0n) is 15.4. The molecule has 7 nitrogen and oxygen atoms in total. The van der Waals surface area contributed by atoms with E-state index in [-0.39, 0.29) is 12.0 Å². The van der Waals surface area contributed by atoms with Crippen molar-refractivity contribution >= 4 is 28.9 Å². The first-order valence-corrected chi connectivity index (χ1v) is 9.71. The van der Waals surface area contributed by atoms with Crippen LogP contribution in [0.3, 0.4) is 0 Å². The van der Waals surface area contributed by atoms with Gasteiger partial charge in [-0.2, -0.15) is 0 Å². The minimum atomic E-state index is -0.274. The molecule has 1 amide bonds. The molecule has 0 bridgehead atoms. The summed E-state index contributed by atoms with van der Waals surface area (Å²) in [6.45, 7) is 4.42. The molecule has 1 unspecified atom stereocenters. The minimum Gasteiger partial charge on any atom is -0.471 e.